The van der Waals surface area contributed by atoms with Crippen molar-refractivity contribution in [2.75, 3.05) is 11.1 Å². The lowest BCUT2D eigenvalue weighted by Gasteiger charge is -2.13. The number of anilines is 3. The van der Waals surface area contributed by atoms with E-state index in [9.17, 15) is 13.2 Å². The Morgan fingerprint density at radius 1 is 1.11 bits per heavy atom. The van der Waals surface area contributed by atoms with Crippen LogP contribution in [-0.2, 0) is 0 Å². The van der Waals surface area contributed by atoms with Crippen LogP contribution in [0.3, 0.4) is 0 Å². The van der Waals surface area contributed by atoms with Crippen LogP contribution in [-0.4, -0.2) is 0 Å². The van der Waals surface area contributed by atoms with E-state index < -0.39 is 12.2 Å². The van der Waals surface area contributed by atoms with Crippen molar-refractivity contribution in [2.24, 2.45) is 0 Å². The second-order valence-electron chi connectivity index (χ2n) is 4.29. The van der Waals surface area contributed by atoms with Gasteiger partial charge in [-0.2, -0.15) is 0 Å². The lowest BCUT2D eigenvalue weighted by molar-refractivity contribution is 0.152. The molecule has 0 saturated carbocycles. The van der Waals surface area contributed by atoms with Crippen LogP contribution in [0, 0.1) is 12.7 Å². The van der Waals surface area contributed by atoms with E-state index >= 15 is 0 Å². The maximum absolute atomic E-state index is 13.2. The van der Waals surface area contributed by atoms with Gasteiger partial charge in [0.25, 0.3) is 6.43 Å². The Balaban J connectivity index is 2.37. The van der Waals surface area contributed by atoms with Crippen molar-refractivity contribution in [3.05, 3.63) is 53.3 Å². The molecule has 5 heteroatoms. The number of halogens is 3. The molecule has 0 aromatic heterocycles. The Morgan fingerprint density at radius 3 is 2.47 bits per heavy atom. The molecular weight excluding hydrogens is 253 g/mol. The molecule has 0 bridgehead atoms. The Bertz CT molecular complexity index is 577. The van der Waals surface area contributed by atoms with Crippen molar-refractivity contribution in [1.82, 2.24) is 0 Å². The molecule has 2 rings (SSSR count). The third kappa shape index (κ3) is 3.19. The normalized spacial score (nSPS) is 10.8. The minimum atomic E-state index is -2.65. The van der Waals surface area contributed by atoms with Gasteiger partial charge in [0.15, 0.2) is 0 Å². The molecule has 0 saturated heterocycles. The zero-order chi connectivity index (χ0) is 14.0. The zero-order valence-corrected chi connectivity index (χ0v) is 10.3. The van der Waals surface area contributed by atoms with E-state index in [1.165, 1.54) is 30.3 Å². The Labute approximate surface area is 109 Å². The van der Waals surface area contributed by atoms with E-state index in [1.807, 2.05) is 0 Å². The highest BCUT2D eigenvalue weighted by molar-refractivity contribution is 5.66. The number of hydrogen-bond acceptors (Lipinski definition) is 2. The zero-order valence-electron chi connectivity index (χ0n) is 10.3. The first-order chi connectivity index (χ1) is 8.95. The van der Waals surface area contributed by atoms with Crippen molar-refractivity contribution < 1.29 is 13.2 Å². The molecule has 19 heavy (non-hydrogen) atoms. The number of nitrogens with two attached hydrogens (primary N) is 1. The van der Waals surface area contributed by atoms with Crippen LogP contribution in [0.5, 0.6) is 0 Å². The fourth-order valence-corrected chi connectivity index (χ4v) is 1.84. The number of aryl methyl sites for hydroxylation is 1. The van der Waals surface area contributed by atoms with E-state index in [4.69, 9.17) is 5.73 Å². The molecule has 0 spiro atoms. The lowest BCUT2D eigenvalue weighted by atomic mass is 10.1. The molecule has 0 heterocycles. The van der Waals surface area contributed by atoms with E-state index in [2.05, 4.69) is 5.32 Å². The van der Waals surface area contributed by atoms with Crippen molar-refractivity contribution in [1.29, 1.82) is 0 Å². The summed E-state index contributed by atoms with van der Waals surface area (Å²) in [6, 6.07) is 8.46. The van der Waals surface area contributed by atoms with E-state index in [0.29, 0.717) is 11.3 Å². The van der Waals surface area contributed by atoms with Crippen molar-refractivity contribution in [2.45, 2.75) is 13.3 Å². The van der Waals surface area contributed by atoms with Gasteiger partial charge in [-0.25, -0.2) is 13.2 Å². The molecule has 2 aromatic rings. The van der Waals surface area contributed by atoms with E-state index in [1.54, 1.807) is 13.0 Å². The van der Waals surface area contributed by atoms with Crippen LogP contribution >= 0.6 is 0 Å². The second kappa shape index (κ2) is 5.22. The molecule has 2 nitrogen and oxygen atoms in total. The smallest absolute Gasteiger partial charge is 0.265 e. The summed E-state index contributed by atoms with van der Waals surface area (Å²) in [4.78, 5) is 0. The standard InChI is InChI=1S/C14H13F3N2/c1-8-4-9(15)6-11(5-8)19-13-3-2-10(18)7-12(13)14(16)17/h2-7,14,19H,18H2,1H3. The quantitative estimate of drug-likeness (QED) is 0.808. The molecule has 100 valence electrons. The molecule has 0 fully saturated rings. The maximum atomic E-state index is 13.2. The molecular formula is C14H13F3N2. The van der Waals surface area contributed by atoms with Gasteiger partial charge in [-0.3, -0.25) is 0 Å². The monoisotopic (exact) mass is 266 g/mol. The fraction of sp³-hybridized carbons (Fsp3) is 0.143. The van der Waals surface area contributed by atoms with E-state index in [0.717, 1.165) is 0 Å². The first-order valence-electron chi connectivity index (χ1n) is 5.67. The van der Waals surface area contributed by atoms with Crippen LogP contribution in [0.25, 0.3) is 0 Å². The molecule has 0 radical (unpaired) electrons. The van der Waals surface area contributed by atoms with Gasteiger partial charge in [0.05, 0.1) is 0 Å². The molecule has 0 aliphatic rings. The molecule has 0 amide bonds. The lowest BCUT2D eigenvalue weighted by Crippen LogP contribution is -1.99. The minimum absolute atomic E-state index is 0.207. The molecule has 0 aliphatic carbocycles. The highest BCUT2D eigenvalue weighted by Gasteiger charge is 2.13. The summed E-state index contributed by atoms with van der Waals surface area (Å²) >= 11 is 0. The summed E-state index contributed by atoms with van der Waals surface area (Å²) in [7, 11) is 0. The number of benzene rings is 2. The first-order valence-corrected chi connectivity index (χ1v) is 5.67. The number of rotatable bonds is 3. The summed E-state index contributed by atoms with van der Waals surface area (Å²) in [5.41, 5.74) is 6.88. The molecule has 2 aromatic carbocycles. The van der Waals surface area contributed by atoms with Gasteiger partial charge in [-0.15, -0.1) is 0 Å². The highest BCUT2D eigenvalue weighted by atomic mass is 19.3. The van der Waals surface area contributed by atoms with Gasteiger partial charge in [-0.1, -0.05) is 0 Å². The Morgan fingerprint density at radius 2 is 1.84 bits per heavy atom. The predicted molar refractivity (Wildman–Crippen MR) is 70.2 cm³/mol. The molecule has 3 N–H and O–H groups in total. The van der Waals surface area contributed by atoms with Crippen LogP contribution in [0.2, 0.25) is 0 Å². The largest absolute Gasteiger partial charge is 0.399 e. The minimum Gasteiger partial charge on any atom is -0.399 e. The van der Waals surface area contributed by atoms with Crippen LogP contribution in [0.15, 0.2) is 36.4 Å². The van der Waals surface area contributed by atoms with Gasteiger partial charge in [0.1, 0.15) is 5.82 Å². The van der Waals surface area contributed by atoms with Gasteiger partial charge in [0, 0.05) is 22.6 Å². The average Bonchev–Trinajstić information content (AvgIpc) is 2.30. The van der Waals surface area contributed by atoms with Gasteiger partial charge >= 0.3 is 0 Å². The number of alkyl halides is 2. The summed E-state index contributed by atoms with van der Waals surface area (Å²) < 4.78 is 39.0. The van der Waals surface area contributed by atoms with Crippen molar-refractivity contribution in [3.63, 3.8) is 0 Å². The summed E-state index contributed by atoms with van der Waals surface area (Å²) in [5.74, 6) is -0.420. The van der Waals surface area contributed by atoms with Crippen LogP contribution < -0.4 is 11.1 Å². The Kier molecular flexibility index (Phi) is 3.64. The summed E-state index contributed by atoms with van der Waals surface area (Å²) in [6.45, 7) is 1.73. The average molecular weight is 266 g/mol. The molecule has 0 atom stereocenters. The Hall–Kier alpha value is -2.17. The fourth-order valence-electron chi connectivity index (χ4n) is 1.84. The molecule has 0 unspecified atom stereocenters. The first kappa shape index (κ1) is 13.3. The number of hydrogen-bond donors (Lipinski definition) is 2. The maximum Gasteiger partial charge on any atom is 0.265 e. The summed E-state index contributed by atoms with van der Waals surface area (Å²) in [5, 5.41) is 2.79. The molecule has 0 aliphatic heterocycles. The van der Waals surface area contributed by atoms with E-state index in [-0.39, 0.29) is 16.9 Å². The van der Waals surface area contributed by atoms with Gasteiger partial charge in [0.2, 0.25) is 0 Å². The van der Waals surface area contributed by atoms with Crippen molar-refractivity contribution in [3.8, 4) is 0 Å². The highest BCUT2D eigenvalue weighted by Crippen LogP contribution is 2.31. The number of nitrogen functional groups attached to an aromatic ring is 1. The second-order valence-corrected chi connectivity index (χ2v) is 4.29. The SMILES string of the molecule is Cc1cc(F)cc(Nc2ccc(N)cc2C(F)F)c1. The summed E-state index contributed by atoms with van der Waals surface area (Å²) in [6.07, 6.45) is -2.65. The topological polar surface area (TPSA) is 38.0 Å². The van der Waals surface area contributed by atoms with Crippen LogP contribution in [0.4, 0.5) is 30.2 Å². The van der Waals surface area contributed by atoms with Gasteiger partial charge < -0.3 is 11.1 Å². The van der Waals surface area contributed by atoms with Gasteiger partial charge in [-0.05, 0) is 48.9 Å². The van der Waals surface area contributed by atoms with Crippen LogP contribution in [0.1, 0.15) is 17.6 Å². The van der Waals surface area contributed by atoms with Crippen molar-refractivity contribution >= 4 is 17.1 Å². The third-order valence-corrected chi connectivity index (χ3v) is 2.63. The number of nitrogens with one attached hydrogen (secondary N) is 1. The predicted octanol–water partition coefficient (Wildman–Crippen LogP) is 4.40. The third-order valence-electron chi connectivity index (χ3n) is 2.63.